The minimum absolute atomic E-state index is 0.0796. The lowest BCUT2D eigenvalue weighted by Crippen LogP contribution is -2.35. The third kappa shape index (κ3) is 3.26. The van der Waals surface area contributed by atoms with E-state index >= 15 is 0 Å². The molecule has 0 bridgehead atoms. The van der Waals surface area contributed by atoms with Crippen LogP contribution in [0.1, 0.15) is 19.0 Å². The second-order valence-electron chi connectivity index (χ2n) is 5.45. The fourth-order valence-corrected chi connectivity index (χ4v) is 2.98. The van der Waals surface area contributed by atoms with Gasteiger partial charge in [-0.15, -0.1) is 0 Å². The number of likely N-dealkylation sites (N-methyl/N-ethyl adjacent to an activating group) is 1. The molecule has 1 unspecified atom stereocenters. The lowest BCUT2D eigenvalue weighted by molar-refractivity contribution is -0.0526. The van der Waals surface area contributed by atoms with Crippen molar-refractivity contribution in [3.8, 4) is 0 Å². The first kappa shape index (κ1) is 14.5. The molecule has 1 N–H and O–H groups in total. The first-order valence-corrected chi connectivity index (χ1v) is 7.65. The lowest BCUT2D eigenvalue weighted by atomic mass is 10.0. The summed E-state index contributed by atoms with van der Waals surface area (Å²) in [4.78, 5) is 0. The highest BCUT2D eigenvalue weighted by molar-refractivity contribution is 5.81. The number of ether oxygens (including phenoxy) is 2. The maximum absolute atomic E-state index is 5.57. The summed E-state index contributed by atoms with van der Waals surface area (Å²) >= 11 is 0. The first-order valence-electron chi connectivity index (χ1n) is 7.65. The molecule has 0 amide bonds. The smallest absolute Gasteiger partial charge is 0.159 e. The summed E-state index contributed by atoms with van der Waals surface area (Å²) in [6, 6.07) is 8.69. The number of rotatable bonds is 6. The minimum atomic E-state index is -0.0796. The standard InChI is InChI=1S/C16H23N3O2/c1-3-17-12(11-16-20-8-9-21-16)10-14-13-6-4-5-7-15(13)19(2)18-14/h4-7,12,16-17H,3,8-11H2,1-2H3. The van der Waals surface area contributed by atoms with Crippen molar-refractivity contribution in [3.63, 3.8) is 0 Å². The Hall–Kier alpha value is -1.43. The third-order valence-electron chi connectivity index (χ3n) is 3.93. The molecule has 0 saturated carbocycles. The maximum Gasteiger partial charge on any atom is 0.159 e. The second-order valence-corrected chi connectivity index (χ2v) is 5.45. The molecule has 21 heavy (non-hydrogen) atoms. The minimum Gasteiger partial charge on any atom is -0.350 e. The average Bonchev–Trinajstić information content (AvgIpc) is 3.09. The monoisotopic (exact) mass is 289 g/mol. The molecule has 1 aromatic heterocycles. The van der Waals surface area contributed by atoms with Crippen molar-refractivity contribution >= 4 is 10.9 Å². The van der Waals surface area contributed by atoms with Gasteiger partial charge in [-0.3, -0.25) is 4.68 Å². The second kappa shape index (κ2) is 6.56. The van der Waals surface area contributed by atoms with Gasteiger partial charge in [0, 0.05) is 31.3 Å². The molecule has 5 nitrogen and oxygen atoms in total. The predicted molar refractivity (Wildman–Crippen MR) is 82.2 cm³/mol. The normalized spacial score (nSPS) is 17.6. The summed E-state index contributed by atoms with van der Waals surface area (Å²) in [6.45, 7) is 4.47. The van der Waals surface area contributed by atoms with E-state index in [1.54, 1.807) is 0 Å². The molecule has 0 spiro atoms. The van der Waals surface area contributed by atoms with Crippen LogP contribution in [0.25, 0.3) is 10.9 Å². The van der Waals surface area contributed by atoms with Crippen LogP contribution in [0.5, 0.6) is 0 Å². The molecule has 5 heteroatoms. The fourth-order valence-electron chi connectivity index (χ4n) is 2.98. The van der Waals surface area contributed by atoms with E-state index in [0.717, 1.165) is 25.1 Å². The molecule has 0 radical (unpaired) electrons. The van der Waals surface area contributed by atoms with Crippen LogP contribution in [0.4, 0.5) is 0 Å². The number of benzene rings is 1. The van der Waals surface area contributed by atoms with E-state index in [0.29, 0.717) is 19.3 Å². The summed E-state index contributed by atoms with van der Waals surface area (Å²) in [7, 11) is 2.00. The van der Waals surface area contributed by atoms with Crippen molar-refractivity contribution in [3.05, 3.63) is 30.0 Å². The molecule has 1 fully saturated rings. The molecule has 114 valence electrons. The number of hydrogen-bond acceptors (Lipinski definition) is 4. The van der Waals surface area contributed by atoms with Crippen LogP contribution in [0.3, 0.4) is 0 Å². The fraction of sp³-hybridized carbons (Fsp3) is 0.562. The zero-order valence-electron chi connectivity index (χ0n) is 12.7. The molecular formula is C16H23N3O2. The van der Waals surface area contributed by atoms with Gasteiger partial charge >= 0.3 is 0 Å². The summed E-state index contributed by atoms with van der Waals surface area (Å²) in [5.41, 5.74) is 2.31. The van der Waals surface area contributed by atoms with Crippen molar-refractivity contribution < 1.29 is 9.47 Å². The largest absolute Gasteiger partial charge is 0.350 e. The van der Waals surface area contributed by atoms with Gasteiger partial charge < -0.3 is 14.8 Å². The topological polar surface area (TPSA) is 48.3 Å². The van der Waals surface area contributed by atoms with Crippen molar-refractivity contribution in [1.82, 2.24) is 15.1 Å². The van der Waals surface area contributed by atoms with Crippen molar-refractivity contribution in [1.29, 1.82) is 0 Å². The van der Waals surface area contributed by atoms with Gasteiger partial charge in [0.1, 0.15) is 0 Å². The highest BCUT2D eigenvalue weighted by Gasteiger charge is 2.22. The number of fused-ring (bicyclic) bond motifs is 1. The average molecular weight is 289 g/mol. The van der Waals surface area contributed by atoms with Gasteiger partial charge in [-0.1, -0.05) is 25.1 Å². The van der Waals surface area contributed by atoms with E-state index in [4.69, 9.17) is 9.47 Å². The summed E-state index contributed by atoms with van der Waals surface area (Å²) in [5.74, 6) is 0. The highest BCUT2D eigenvalue weighted by Crippen LogP contribution is 2.20. The molecule has 1 aliphatic heterocycles. The van der Waals surface area contributed by atoms with Crippen LogP contribution >= 0.6 is 0 Å². The molecule has 0 aliphatic carbocycles. The summed E-state index contributed by atoms with van der Waals surface area (Å²) in [5, 5.41) is 9.44. The highest BCUT2D eigenvalue weighted by atomic mass is 16.7. The van der Waals surface area contributed by atoms with E-state index in [-0.39, 0.29) is 6.29 Å². The number of para-hydroxylation sites is 1. The summed E-state index contributed by atoms with van der Waals surface area (Å²) in [6.07, 6.45) is 1.67. The Morgan fingerprint density at radius 2 is 2.10 bits per heavy atom. The van der Waals surface area contributed by atoms with Crippen LogP contribution in [0.15, 0.2) is 24.3 Å². The van der Waals surface area contributed by atoms with Crippen molar-refractivity contribution in [2.75, 3.05) is 19.8 Å². The molecule has 1 saturated heterocycles. The van der Waals surface area contributed by atoms with Crippen molar-refractivity contribution in [2.45, 2.75) is 32.1 Å². The van der Waals surface area contributed by atoms with E-state index < -0.39 is 0 Å². The lowest BCUT2D eigenvalue weighted by Gasteiger charge is -2.20. The van der Waals surface area contributed by atoms with Gasteiger partial charge in [0.15, 0.2) is 6.29 Å². The summed E-state index contributed by atoms with van der Waals surface area (Å²) < 4.78 is 13.1. The van der Waals surface area contributed by atoms with Gasteiger partial charge in [-0.05, 0) is 12.6 Å². The van der Waals surface area contributed by atoms with Gasteiger partial charge in [0.05, 0.1) is 24.4 Å². The predicted octanol–water partition coefficient (Wildman–Crippen LogP) is 1.86. The zero-order valence-corrected chi connectivity index (χ0v) is 12.7. The molecule has 1 aliphatic rings. The Labute approximate surface area is 125 Å². The number of hydrogen-bond donors (Lipinski definition) is 1. The van der Waals surface area contributed by atoms with Crippen LogP contribution < -0.4 is 5.32 Å². The van der Waals surface area contributed by atoms with E-state index in [1.165, 1.54) is 10.9 Å². The van der Waals surface area contributed by atoms with Gasteiger partial charge in [0.2, 0.25) is 0 Å². The Kier molecular flexibility index (Phi) is 4.53. The van der Waals surface area contributed by atoms with Crippen LogP contribution in [-0.2, 0) is 22.9 Å². The molecule has 3 rings (SSSR count). The third-order valence-corrected chi connectivity index (χ3v) is 3.93. The quantitative estimate of drug-likeness (QED) is 0.882. The SMILES string of the molecule is CCNC(Cc1nn(C)c2ccccc12)CC1OCCO1. The first-order chi connectivity index (χ1) is 10.3. The van der Waals surface area contributed by atoms with Gasteiger partial charge in [-0.2, -0.15) is 5.10 Å². The number of aromatic nitrogens is 2. The van der Waals surface area contributed by atoms with Gasteiger partial charge in [-0.25, -0.2) is 0 Å². The maximum atomic E-state index is 5.57. The molecular weight excluding hydrogens is 266 g/mol. The van der Waals surface area contributed by atoms with Crippen LogP contribution in [-0.4, -0.2) is 41.9 Å². The molecule has 1 atom stereocenters. The molecule has 2 heterocycles. The molecule has 2 aromatic rings. The Balaban J connectivity index is 1.77. The van der Waals surface area contributed by atoms with Crippen LogP contribution in [0, 0.1) is 0 Å². The van der Waals surface area contributed by atoms with E-state index in [2.05, 4.69) is 41.6 Å². The van der Waals surface area contributed by atoms with E-state index in [1.807, 2.05) is 11.7 Å². The number of aryl methyl sites for hydroxylation is 1. The number of nitrogens with zero attached hydrogens (tertiary/aromatic N) is 2. The van der Waals surface area contributed by atoms with Crippen LogP contribution in [0.2, 0.25) is 0 Å². The van der Waals surface area contributed by atoms with Crippen molar-refractivity contribution in [2.24, 2.45) is 7.05 Å². The Morgan fingerprint density at radius 1 is 1.33 bits per heavy atom. The molecule has 1 aromatic carbocycles. The zero-order chi connectivity index (χ0) is 14.7. The number of nitrogens with one attached hydrogen (secondary N) is 1. The Bertz CT molecular complexity index is 590. The van der Waals surface area contributed by atoms with Gasteiger partial charge in [0.25, 0.3) is 0 Å². The van der Waals surface area contributed by atoms with E-state index in [9.17, 15) is 0 Å². The Morgan fingerprint density at radius 3 is 2.86 bits per heavy atom.